The van der Waals surface area contributed by atoms with E-state index in [2.05, 4.69) is 33.2 Å². The summed E-state index contributed by atoms with van der Waals surface area (Å²) in [6, 6.07) is 16.0. The minimum Gasteiger partial charge on any atom is -0.346 e. The predicted octanol–water partition coefficient (Wildman–Crippen LogP) is 4.53. The topological polar surface area (TPSA) is 24.4 Å². The number of hydrogen-bond donors (Lipinski definition) is 1. The minimum atomic E-state index is 0.945. The van der Waals surface area contributed by atoms with E-state index in [1.165, 1.54) is 5.56 Å². The molecule has 0 radical (unpaired) electrons. The number of aryl methyl sites for hydroxylation is 1. The van der Waals surface area contributed by atoms with Crippen molar-refractivity contribution in [3.63, 3.8) is 0 Å². The largest absolute Gasteiger partial charge is 0.346 e. The van der Waals surface area contributed by atoms with Gasteiger partial charge >= 0.3 is 0 Å². The molecule has 0 unspecified atom stereocenters. The number of aliphatic imine (C=N–C) groups is 1. The molecule has 17 heavy (non-hydrogen) atoms. The van der Waals surface area contributed by atoms with Gasteiger partial charge in [-0.1, -0.05) is 33.6 Å². The Hall–Kier alpha value is -1.61. The maximum absolute atomic E-state index is 4.32. The molecule has 2 nitrogen and oxygen atoms in total. The lowest BCUT2D eigenvalue weighted by Crippen LogP contribution is -1.93. The van der Waals surface area contributed by atoms with E-state index in [1.807, 2.05) is 48.5 Å². The van der Waals surface area contributed by atoms with Gasteiger partial charge in [-0.25, -0.2) is 4.99 Å². The van der Waals surface area contributed by atoms with Crippen molar-refractivity contribution >= 4 is 33.6 Å². The number of benzene rings is 2. The van der Waals surface area contributed by atoms with Crippen molar-refractivity contribution in [3.05, 3.63) is 58.6 Å². The first-order valence-corrected chi connectivity index (χ1v) is 6.15. The molecule has 2 aromatic rings. The number of rotatable bonds is 3. The highest BCUT2D eigenvalue weighted by Gasteiger charge is 1.89. The molecule has 0 aromatic heterocycles. The summed E-state index contributed by atoms with van der Waals surface area (Å²) in [7, 11) is 0. The SMILES string of the molecule is Cc1ccc(N=CNc2ccc(Br)cc2)cc1. The average Bonchev–Trinajstić information content (AvgIpc) is 2.34. The molecule has 3 heteroatoms. The van der Waals surface area contributed by atoms with Gasteiger partial charge in [0.1, 0.15) is 0 Å². The molecule has 0 amide bonds. The van der Waals surface area contributed by atoms with Gasteiger partial charge in [0, 0.05) is 10.2 Å². The second-order valence-electron chi connectivity index (χ2n) is 3.74. The van der Waals surface area contributed by atoms with E-state index in [9.17, 15) is 0 Å². The van der Waals surface area contributed by atoms with Crippen LogP contribution in [-0.2, 0) is 0 Å². The molecule has 1 N–H and O–H groups in total. The molecule has 0 aliphatic heterocycles. The Labute approximate surface area is 110 Å². The minimum absolute atomic E-state index is 0.945. The van der Waals surface area contributed by atoms with Crippen molar-refractivity contribution in [2.24, 2.45) is 4.99 Å². The summed E-state index contributed by atoms with van der Waals surface area (Å²) in [5, 5.41) is 3.12. The zero-order valence-electron chi connectivity index (χ0n) is 9.52. The molecule has 2 aromatic carbocycles. The third kappa shape index (κ3) is 3.71. The van der Waals surface area contributed by atoms with Gasteiger partial charge in [0.15, 0.2) is 0 Å². The summed E-state index contributed by atoms with van der Waals surface area (Å²) in [6.45, 7) is 2.06. The Morgan fingerprint density at radius 2 is 1.65 bits per heavy atom. The second kappa shape index (κ2) is 5.64. The molecule has 0 bridgehead atoms. The maximum Gasteiger partial charge on any atom is 0.0930 e. The number of nitrogens with one attached hydrogen (secondary N) is 1. The van der Waals surface area contributed by atoms with Crippen LogP contribution in [0.2, 0.25) is 0 Å². The molecule has 0 fully saturated rings. The van der Waals surface area contributed by atoms with Crippen LogP contribution in [0.1, 0.15) is 5.56 Å². The van der Waals surface area contributed by atoms with Gasteiger partial charge in [-0.05, 0) is 43.3 Å². The van der Waals surface area contributed by atoms with Crippen LogP contribution in [0.25, 0.3) is 0 Å². The van der Waals surface area contributed by atoms with Gasteiger partial charge in [0.2, 0.25) is 0 Å². The first kappa shape index (κ1) is 11.9. The molecule has 0 heterocycles. The third-order valence-corrected chi connectivity index (χ3v) is 2.85. The van der Waals surface area contributed by atoms with Gasteiger partial charge in [-0.15, -0.1) is 0 Å². The number of hydrogen-bond acceptors (Lipinski definition) is 1. The second-order valence-corrected chi connectivity index (χ2v) is 4.66. The van der Waals surface area contributed by atoms with Gasteiger partial charge in [-0.2, -0.15) is 0 Å². The van der Waals surface area contributed by atoms with E-state index in [1.54, 1.807) is 6.34 Å². The van der Waals surface area contributed by atoms with Crippen molar-refractivity contribution in [2.75, 3.05) is 5.32 Å². The van der Waals surface area contributed by atoms with Crippen LogP contribution >= 0.6 is 15.9 Å². The molecule has 0 saturated heterocycles. The van der Waals surface area contributed by atoms with E-state index in [-0.39, 0.29) is 0 Å². The molecule has 0 aliphatic rings. The molecular weight excluding hydrogens is 276 g/mol. The highest BCUT2D eigenvalue weighted by molar-refractivity contribution is 9.10. The van der Waals surface area contributed by atoms with Crippen LogP contribution in [0, 0.1) is 6.92 Å². The lowest BCUT2D eigenvalue weighted by molar-refractivity contribution is 1.44. The summed E-state index contributed by atoms with van der Waals surface area (Å²) >= 11 is 3.40. The Kier molecular flexibility index (Phi) is 3.94. The van der Waals surface area contributed by atoms with Crippen LogP contribution in [0.4, 0.5) is 11.4 Å². The average molecular weight is 289 g/mol. The summed E-state index contributed by atoms with van der Waals surface area (Å²) in [6.07, 6.45) is 1.70. The Bertz CT molecular complexity index is 501. The number of nitrogens with zero attached hydrogens (tertiary/aromatic N) is 1. The Morgan fingerprint density at radius 1 is 1.00 bits per heavy atom. The Balaban J connectivity index is 1.97. The highest BCUT2D eigenvalue weighted by Crippen LogP contribution is 2.14. The van der Waals surface area contributed by atoms with E-state index in [4.69, 9.17) is 0 Å². The van der Waals surface area contributed by atoms with Crippen LogP contribution in [0.3, 0.4) is 0 Å². The fourth-order valence-electron chi connectivity index (χ4n) is 1.36. The predicted molar refractivity (Wildman–Crippen MR) is 77.1 cm³/mol. The lowest BCUT2D eigenvalue weighted by Gasteiger charge is -2.00. The Morgan fingerprint density at radius 3 is 2.29 bits per heavy atom. The van der Waals surface area contributed by atoms with E-state index < -0.39 is 0 Å². The van der Waals surface area contributed by atoms with Gasteiger partial charge < -0.3 is 5.32 Å². The zero-order valence-corrected chi connectivity index (χ0v) is 11.1. The molecule has 2 rings (SSSR count). The summed E-state index contributed by atoms with van der Waals surface area (Å²) in [5.41, 5.74) is 3.20. The van der Waals surface area contributed by atoms with E-state index in [0.717, 1.165) is 15.8 Å². The van der Waals surface area contributed by atoms with Crippen molar-refractivity contribution in [1.29, 1.82) is 0 Å². The van der Waals surface area contributed by atoms with Crippen LogP contribution in [0.15, 0.2) is 58.0 Å². The van der Waals surface area contributed by atoms with Crippen LogP contribution in [0.5, 0.6) is 0 Å². The van der Waals surface area contributed by atoms with E-state index >= 15 is 0 Å². The van der Waals surface area contributed by atoms with Gasteiger partial charge in [0.25, 0.3) is 0 Å². The molecule has 0 spiro atoms. The maximum atomic E-state index is 4.32. The molecule has 86 valence electrons. The van der Waals surface area contributed by atoms with E-state index in [0.29, 0.717) is 0 Å². The molecular formula is C14H13BrN2. The molecule has 0 saturated carbocycles. The summed E-state index contributed by atoms with van der Waals surface area (Å²) < 4.78 is 1.07. The van der Waals surface area contributed by atoms with Crippen molar-refractivity contribution in [3.8, 4) is 0 Å². The van der Waals surface area contributed by atoms with Crippen LogP contribution in [-0.4, -0.2) is 6.34 Å². The normalized spacial score (nSPS) is 10.7. The smallest absolute Gasteiger partial charge is 0.0930 e. The van der Waals surface area contributed by atoms with Crippen LogP contribution < -0.4 is 5.32 Å². The lowest BCUT2D eigenvalue weighted by atomic mass is 10.2. The quantitative estimate of drug-likeness (QED) is 0.651. The zero-order chi connectivity index (χ0) is 12.1. The van der Waals surface area contributed by atoms with Crippen molar-refractivity contribution < 1.29 is 0 Å². The molecule has 0 atom stereocenters. The first-order chi connectivity index (χ1) is 8.24. The number of halogens is 1. The fourth-order valence-corrected chi connectivity index (χ4v) is 1.62. The highest BCUT2D eigenvalue weighted by atomic mass is 79.9. The fraction of sp³-hybridized carbons (Fsp3) is 0.0714. The summed E-state index contributed by atoms with van der Waals surface area (Å²) in [4.78, 5) is 4.32. The standard InChI is InChI=1S/C14H13BrN2/c1-11-2-6-13(7-3-11)16-10-17-14-8-4-12(15)5-9-14/h2-10H,1H3,(H,16,17). The monoisotopic (exact) mass is 288 g/mol. The first-order valence-electron chi connectivity index (χ1n) is 5.35. The van der Waals surface area contributed by atoms with Crippen molar-refractivity contribution in [1.82, 2.24) is 0 Å². The van der Waals surface area contributed by atoms with Crippen molar-refractivity contribution in [2.45, 2.75) is 6.92 Å². The number of anilines is 1. The summed E-state index contributed by atoms with van der Waals surface area (Å²) in [5.74, 6) is 0. The van der Waals surface area contributed by atoms with Gasteiger partial charge in [-0.3, -0.25) is 0 Å². The van der Waals surface area contributed by atoms with Gasteiger partial charge in [0.05, 0.1) is 12.0 Å². The third-order valence-electron chi connectivity index (χ3n) is 2.32. The molecule has 0 aliphatic carbocycles.